The maximum atomic E-state index is 12.5. The van der Waals surface area contributed by atoms with Crippen LogP contribution in [0.2, 0.25) is 0 Å². The molecule has 0 saturated carbocycles. The molecule has 150 valence electrons. The van der Waals surface area contributed by atoms with Gasteiger partial charge >= 0.3 is 0 Å². The highest BCUT2D eigenvalue weighted by Gasteiger charge is 2.22. The van der Waals surface area contributed by atoms with Gasteiger partial charge in [-0.25, -0.2) is 4.98 Å². The lowest BCUT2D eigenvalue weighted by Crippen LogP contribution is -2.38. The van der Waals surface area contributed by atoms with Crippen molar-refractivity contribution in [1.82, 2.24) is 15.2 Å². The lowest BCUT2D eigenvalue weighted by Gasteiger charge is -2.34. The Morgan fingerprint density at radius 2 is 1.86 bits per heavy atom. The molecule has 0 aliphatic carbocycles. The average Bonchev–Trinajstić information content (AvgIpc) is 3.06. The van der Waals surface area contributed by atoms with Crippen LogP contribution in [0.3, 0.4) is 0 Å². The first-order chi connectivity index (χ1) is 13.4. The molecular formula is C21H28N4O2S. The smallest absolute Gasteiger partial charge is 0.257 e. The van der Waals surface area contributed by atoms with Gasteiger partial charge in [-0.15, -0.1) is 11.3 Å². The molecule has 0 radical (unpaired) electrons. The monoisotopic (exact) mass is 400 g/mol. The highest BCUT2D eigenvalue weighted by molar-refractivity contribution is 7.13. The van der Waals surface area contributed by atoms with E-state index in [0.717, 1.165) is 42.7 Å². The van der Waals surface area contributed by atoms with Crippen LogP contribution in [0.1, 0.15) is 48.8 Å². The molecule has 1 aromatic heterocycles. The molecule has 2 aromatic rings. The number of amides is 2. The Kier molecular flexibility index (Phi) is 6.80. The number of carbonyl (C=O) groups excluding carboxylic acids is 2. The third-order valence-electron chi connectivity index (χ3n) is 4.86. The third-order valence-corrected chi connectivity index (χ3v) is 5.67. The van der Waals surface area contributed by atoms with Crippen LogP contribution in [0.15, 0.2) is 29.6 Å². The van der Waals surface area contributed by atoms with E-state index in [2.05, 4.69) is 34.4 Å². The van der Waals surface area contributed by atoms with Crippen molar-refractivity contribution in [3.8, 4) is 0 Å². The van der Waals surface area contributed by atoms with Crippen LogP contribution in [0.4, 0.5) is 5.13 Å². The second kappa shape index (κ2) is 9.30. The van der Waals surface area contributed by atoms with E-state index in [1.54, 1.807) is 12.1 Å². The van der Waals surface area contributed by atoms with E-state index in [1.807, 2.05) is 17.5 Å². The van der Waals surface area contributed by atoms with Crippen molar-refractivity contribution >= 4 is 28.3 Å². The van der Waals surface area contributed by atoms with E-state index < -0.39 is 0 Å². The molecule has 6 nitrogen and oxygen atoms in total. The molecule has 3 rings (SSSR count). The lowest BCUT2D eigenvalue weighted by atomic mass is 9.92. The van der Waals surface area contributed by atoms with Crippen molar-refractivity contribution in [2.24, 2.45) is 11.8 Å². The van der Waals surface area contributed by atoms with Crippen LogP contribution in [0.25, 0.3) is 0 Å². The first kappa shape index (κ1) is 20.5. The molecule has 2 heterocycles. The number of carbonyl (C=O) groups is 2. The molecule has 7 heteroatoms. The van der Waals surface area contributed by atoms with Gasteiger partial charge in [0.05, 0.1) is 5.69 Å². The van der Waals surface area contributed by atoms with Gasteiger partial charge in [-0.1, -0.05) is 26.0 Å². The van der Waals surface area contributed by atoms with Crippen molar-refractivity contribution in [1.29, 1.82) is 0 Å². The molecule has 0 unspecified atom stereocenters. The Morgan fingerprint density at radius 3 is 2.50 bits per heavy atom. The van der Waals surface area contributed by atoms with Crippen molar-refractivity contribution in [2.75, 3.05) is 18.4 Å². The van der Waals surface area contributed by atoms with Gasteiger partial charge in [0.25, 0.3) is 5.91 Å². The summed E-state index contributed by atoms with van der Waals surface area (Å²) in [4.78, 5) is 30.5. The van der Waals surface area contributed by atoms with E-state index in [4.69, 9.17) is 0 Å². The Bertz CT molecular complexity index is 808. The van der Waals surface area contributed by atoms with E-state index in [0.29, 0.717) is 17.2 Å². The van der Waals surface area contributed by atoms with E-state index in [9.17, 15) is 9.59 Å². The van der Waals surface area contributed by atoms with Crippen LogP contribution < -0.4 is 10.6 Å². The number of hydrogen-bond donors (Lipinski definition) is 2. The highest BCUT2D eigenvalue weighted by Crippen LogP contribution is 2.24. The zero-order valence-corrected chi connectivity index (χ0v) is 17.5. The van der Waals surface area contributed by atoms with Crippen LogP contribution in [0, 0.1) is 11.8 Å². The van der Waals surface area contributed by atoms with Gasteiger partial charge in [-0.05, 0) is 36.0 Å². The average molecular weight is 401 g/mol. The van der Waals surface area contributed by atoms with Gasteiger partial charge in [-0.3, -0.25) is 19.8 Å². The first-order valence-corrected chi connectivity index (χ1v) is 10.6. The zero-order chi connectivity index (χ0) is 20.1. The second-order valence-electron chi connectivity index (χ2n) is 7.84. The second-order valence-corrected chi connectivity index (χ2v) is 8.70. The number of hydrogen-bond acceptors (Lipinski definition) is 5. The van der Waals surface area contributed by atoms with Crippen molar-refractivity contribution in [3.05, 3.63) is 46.5 Å². The summed E-state index contributed by atoms with van der Waals surface area (Å²) in [5.41, 5.74) is 2.53. The van der Waals surface area contributed by atoms with Crippen molar-refractivity contribution < 1.29 is 9.59 Å². The molecule has 1 aliphatic rings. The Morgan fingerprint density at radius 1 is 1.18 bits per heavy atom. The number of likely N-dealkylation sites (tertiary alicyclic amines) is 1. The van der Waals surface area contributed by atoms with E-state index in [1.165, 1.54) is 24.7 Å². The summed E-state index contributed by atoms with van der Waals surface area (Å²) in [5.74, 6) is 1.19. The lowest BCUT2D eigenvalue weighted by molar-refractivity contribution is -0.119. The summed E-state index contributed by atoms with van der Waals surface area (Å²) in [6.07, 6.45) is 1.29. The quantitative estimate of drug-likeness (QED) is 0.778. The molecule has 1 aromatic carbocycles. The molecule has 0 spiro atoms. The predicted octanol–water partition coefficient (Wildman–Crippen LogP) is 3.51. The highest BCUT2D eigenvalue weighted by atomic mass is 32.1. The fourth-order valence-corrected chi connectivity index (χ4v) is 4.45. The molecule has 2 N–H and O–H groups in total. The Hall–Kier alpha value is -2.25. The number of rotatable bonds is 6. The fourth-order valence-electron chi connectivity index (χ4n) is 3.76. The molecule has 0 bridgehead atoms. The number of nitrogens with zero attached hydrogens (tertiary/aromatic N) is 2. The molecule has 2 amide bonds. The Balaban J connectivity index is 1.54. The van der Waals surface area contributed by atoms with Gasteiger partial charge in [-0.2, -0.15) is 0 Å². The number of nitrogens with one attached hydrogen (secondary N) is 2. The minimum Gasteiger partial charge on any atom is -0.352 e. The SMILES string of the molecule is CC(=O)NCc1ccc(C(=O)Nc2nc(CN3C[C@@H](C)C[C@H](C)C3)cs2)cc1. The van der Waals surface area contributed by atoms with Crippen LogP contribution in [0.5, 0.6) is 0 Å². The van der Waals surface area contributed by atoms with Crippen molar-refractivity contribution in [2.45, 2.75) is 40.3 Å². The normalized spacial score (nSPS) is 20.0. The van der Waals surface area contributed by atoms with E-state index in [-0.39, 0.29) is 11.8 Å². The number of anilines is 1. The maximum Gasteiger partial charge on any atom is 0.257 e. The summed E-state index contributed by atoms with van der Waals surface area (Å²) >= 11 is 1.46. The predicted molar refractivity (Wildman–Crippen MR) is 112 cm³/mol. The maximum absolute atomic E-state index is 12.5. The topological polar surface area (TPSA) is 74.3 Å². The Labute approximate surface area is 170 Å². The summed E-state index contributed by atoms with van der Waals surface area (Å²) in [6.45, 7) is 9.59. The van der Waals surface area contributed by atoms with Crippen LogP contribution in [-0.2, 0) is 17.9 Å². The summed E-state index contributed by atoms with van der Waals surface area (Å²) in [5, 5.41) is 8.27. The van der Waals surface area contributed by atoms with Gasteiger partial charge in [0.2, 0.25) is 5.91 Å². The summed E-state index contributed by atoms with van der Waals surface area (Å²) in [7, 11) is 0. The molecule has 1 aliphatic heterocycles. The summed E-state index contributed by atoms with van der Waals surface area (Å²) in [6, 6.07) is 7.21. The molecule has 28 heavy (non-hydrogen) atoms. The van der Waals surface area contributed by atoms with Crippen LogP contribution >= 0.6 is 11.3 Å². The number of aromatic nitrogens is 1. The van der Waals surface area contributed by atoms with Crippen LogP contribution in [-0.4, -0.2) is 34.8 Å². The third kappa shape index (κ3) is 5.87. The molecular weight excluding hydrogens is 372 g/mol. The molecule has 1 saturated heterocycles. The minimum atomic E-state index is -0.174. The fraction of sp³-hybridized carbons (Fsp3) is 0.476. The molecule has 1 fully saturated rings. The first-order valence-electron chi connectivity index (χ1n) is 9.70. The van der Waals surface area contributed by atoms with Gasteiger partial charge < -0.3 is 5.32 Å². The number of benzene rings is 1. The van der Waals surface area contributed by atoms with Crippen molar-refractivity contribution in [3.63, 3.8) is 0 Å². The summed E-state index contributed by atoms with van der Waals surface area (Å²) < 4.78 is 0. The minimum absolute atomic E-state index is 0.0742. The van der Waals surface area contributed by atoms with E-state index >= 15 is 0 Å². The number of piperidine rings is 1. The zero-order valence-electron chi connectivity index (χ0n) is 16.7. The van der Waals surface area contributed by atoms with Gasteiger partial charge in [0.1, 0.15) is 0 Å². The standard InChI is InChI=1S/C21H28N4O2S/c1-14-8-15(2)11-25(10-14)12-19-13-28-21(23-19)24-20(27)18-6-4-17(5-7-18)9-22-16(3)26/h4-7,13-15H,8-12H2,1-3H3,(H,22,26)(H,23,24,27)/t14-,15-/m0/s1. The number of thiazole rings is 1. The van der Waals surface area contributed by atoms with Gasteiger partial charge in [0, 0.05) is 44.0 Å². The van der Waals surface area contributed by atoms with Gasteiger partial charge in [0.15, 0.2) is 5.13 Å². The largest absolute Gasteiger partial charge is 0.352 e. The molecule has 2 atom stereocenters.